The Bertz CT molecular complexity index is 1480. The Morgan fingerprint density at radius 1 is 0.619 bits per heavy atom. The summed E-state index contributed by atoms with van der Waals surface area (Å²) in [6.45, 7) is 13.6. The fraction of sp³-hybridized carbons (Fsp3) is 0.158. The lowest BCUT2D eigenvalue weighted by molar-refractivity contribution is 0.426. The first-order valence-electron chi connectivity index (χ1n) is 14.8. The normalized spacial score (nSPS) is 9.88. The van der Waals surface area contributed by atoms with Crippen molar-refractivity contribution in [2.45, 2.75) is 41.0 Å². The topological polar surface area (TPSA) is 43.7 Å². The molecule has 0 unspecified atom stereocenters. The van der Waals surface area contributed by atoms with Crippen molar-refractivity contribution >= 4 is 40.4 Å². The fourth-order valence-corrected chi connectivity index (χ4v) is 4.22. The van der Waals surface area contributed by atoms with Gasteiger partial charge in [0.25, 0.3) is 0 Å². The van der Waals surface area contributed by atoms with Crippen molar-refractivity contribution in [3.05, 3.63) is 146 Å². The van der Waals surface area contributed by atoms with Crippen LogP contribution < -0.4 is 10.4 Å². The Labute approximate surface area is 253 Å². The van der Waals surface area contributed by atoms with Crippen LogP contribution in [-0.4, -0.2) is 17.2 Å². The van der Waals surface area contributed by atoms with E-state index in [-0.39, 0.29) is 0 Å². The van der Waals surface area contributed by atoms with Gasteiger partial charge in [0.05, 0.1) is 0 Å². The van der Waals surface area contributed by atoms with Crippen LogP contribution in [-0.2, 0) is 0 Å². The number of benzene rings is 5. The lowest BCUT2D eigenvalue weighted by atomic mass is 9.80. The van der Waals surface area contributed by atoms with Crippen molar-refractivity contribution in [1.29, 1.82) is 0 Å². The van der Waals surface area contributed by atoms with Gasteiger partial charge in [0.2, 0.25) is 0 Å². The minimum absolute atomic E-state index is 0.464. The van der Waals surface area contributed by atoms with E-state index >= 15 is 0 Å². The Balaban J connectivity index is 0.000000543. The highest BCUT2D eigenvalue weighted by Gasteiger charge is 2.16. The number of nitrogens with zero attached hydrogens (tertiary/aromatic N) is 1. The summed E-state index contributed by atoms with van der Waals surface area (Å²) in [6.07, 6.45) is 6.89. The summed E-state index contributed by atoms with van der Waals surface area (Å²) in [5, 5.41) is 21.3. The molecule has 0 aliphatic rings. The fourth-order valence-electron chi connectivity index (χ4n) is 4.22. The van der Waals surface area contributed by atoms with Crippen LogP contribution in [0.15, 0.2) is 146 Å². The molecule has 5 aromatic carbocycles. The molecule has 0 heterocycles. The van der Waals surface area contributed by atoms with Gasteiger partial charge in [0.1, 0.15) is 0 Å². The molecule has 0 aliphatic heterocycles. The maximum absolute atomic E-state index is 9.49. The second-order valence-corrected chi connectivity index (χ2v) is 8.82. The maximum Gasteiger partial charge on any atom is 0.488 e. The van der Waals surface area contributed by atoms with Crippen LogP contribution in [0.2, 0.25) is 0 Å². The zero-order valence-electron chi connectivity index (χ0n) is 25.6. The first kappa shape index (κ1) is 33.8. The van der Waals surface area contributed by atoms with Crippen molar-refractivity contribution < 1.29 is 10.0 Å². The standard InChI is InChI=1S/C28H22BNO2.C6H10.2C2H6/c31-29(32)25-13-18-27(19-14-25)30(28-17-12-22-8-4-5-9-24(22)20-28)26-15-10-23(11-16-26)21-6-2-1-3-7-21;1-3-5-6-4-2;2*1-2/h1-20,31-32H;3,5-6H,1,4H2,2H3;2*1-2H3/b;6-5-;;. The molecule has 0 amide bonds. The van der Waals surface area contributed by atoms with Gasteiger partial charge in [-0.2, -0.15) is 0 Å². The molecule has 0 fully saturated rings. The number of anilines is 3. The SMILES string of the molecule is C=C/C=C\CC.CC.CC.OB(O)c1ccc(N(c2ccc(-c3ccccc3)cc2)c2ccc3ccccc3c2)cc1. The van der Waals surface area contributed by atoms with Crippen LogP contribution in [0.3, 0.4) is 0 Å². The van der Waals surface area contributed by atoms with E-state index in [4.69, 9.17) is 0 Å². The molecule has 0 bridgehead atoms. The molecule has 2 N–H and O–H groups in total. The van der Waals surface area contributed by atoms with Crippen LogP contribution >= 0.6 is 0 Å². The van der Waals surface area contributed by atoms with Gasteiger partial charge in [-0.3, -0.25) is 0 Å². The van der Waals surface area contributed by atoms with Gasteiger partial charge in [0.15, 0.2) is 0 Å². The second-order valence-electron chi connectivity index (χ2n) is 8.82. The molecular weight excluding hydrogens is 513 g/mol. The summed E-state index contributed by atoms with van der Waals surface area (Å²) < 4.78 is 0. The summed E-state index contributed by atoms with van der Waals surface area (Å²) in [4.78, 5) is 2.18. The average molecular weight is 558 g/mol. The Kier molecular flexibility index (Phi) is 15.2. The predicted octanol–water partition coefficient (Wildman–Crippen LogP) is 9.85. The van der Waals surface area contributed by atoms with Gasteiger partial charge >= 0.3 is 7.12 Å². The molecule has 5 rings (SSSR count). The lowest BCUT2D eigenvalue weighted by Gasteiger charge is -2.26. The molecule has 0 spiro atoms. The van der Waals surface area contributed by atoms with Crippen molar-refractivity contribution in [2.24, 2.45) is 0 Å². The zero-order chi connectivity index (χ0) is 30.7. The Hall–Kier alpha value is -4.38. The molecule has 0 saturated heterocycles. The molecule has 0 saturated carbocycles. The van der Waals surface area contributed by atoms with Gasteiger partial charge in [-0.15, -0.1) is 0 Å². The molecule has 0 aliphatic carbocycles. The Morgan fingerprint density at radius 2 is 1.12 bits per heavy atom. The van der Waals surface area contributed by atoms with Gasteiger partial charge in [0, 0.05) is 17.1 Å². The third-order valence-electron chi connectivity index (χ3n) is 6.18. The van der Waals surface area contributed by atoms with Gasteiger partial charge < -0.3 is 14.9 Å². The zero-order valence-corrected chi connectivity index (χ0v) is 25.6. The first-order chi connectivity index (χ1) is 20.6. The molecule has 4 heteroatoms. The number of hydrogen-bond acceptors (Lipinski definition) is 3. The Morgan fingerprint density at radius 3 is 1.64 bits per heavy atom. The number of rotatable bonds is 7. The van der Waals surface area contributed by atoms with Crippen LogP contribution in [0.25, 0.3) is 21.9 Å². The van der Waals surface area contributed by atoms with E-state index in [0.717, 1.165) is 29.0 Å². The van der Waals surface area contributed by atoms with E-state index in [1.807, 2.05) is 76.2 Å². The summed E-state index contributed by atoms with van der Waals surface area (Å²) in [6, 6.07) is 40.8. The molecule has 5 aromatic rings. The van der Waals surface area contributed by atoms with E-state index in [9.17, 15) is 10.0 Å². The highest BCUT2D eigenvalue weighted by atomic mass is 16.4. The average Bonchev–Trinajstić information content (AvgIpc) is 3.07. The van der Waals surface area contributed by atoms with Gasteiger partial charge in [-0.05, 0) is 70.2 Å². The van der Waals surface area contributed by atoms with Gasteiger partial charge in [-0.25, -0.2) is 0 Å². The van der Waals surface area contributed by atoms with E-state index in [1.165, 1.54) is 16.3 Å². The minimum atomic E-state index is -1.48. The lowest BCUT2D eigenvalue weighted by Crippen LogP contribution is -2.29. The first-order valence-corrected chi connectivity index (χ1v) is 14.8. The second kappa shape index (κ2) is 18.9. The predicted molar refractivity (Wildman–Crippen MR) is 186 cm³/mol. The maximum atomic E-state index is 9.49. The van der Waals surface area contributed by atoms with Crippen LogP contribution in [0.5, 0.6) is 0 Å². The molecule has 42 heavy (non-hydrogen) atoms. The van der Waals surface area contributed by atoms with E-state index in [2.05, 4.69) is 91.2 Å². The monoisotopic (exact) mass is 557 g/mol. The number of allylic oxidation sites excluding steroid dienone is 3. The molecule has 216 valence electrons. The van der Waals surface area contributed by atoms with E-state index < -0.39 is 7.12 Å². The van der Waals surface area contributed by atoms with Crippen molar-refractivity contribution in [1.82, 2.24) is 0 Å². The molecule has 3 nitrogen and oxygen atoms in total. The van der Waals surface area contributed by atoms with Crippen molar-refractivity contribution in [3.8, 4) is 11.1 Å². The third-order valence-corrected chi connectivity index (χ3v) is 6.18. The summed E-state index contributed by atoms with van der Waals surface area (Å²) in [5.41, 5.74) is 5.80. The van der Waals surface area contributed by atoms with Gasteiger partial charge in [-0.1, -0.05) is 144 Å². The number of fused-ring (bicyclic) bond motifs is 1. The van der Waals surface area contributed by atoms with Crippen molar-refractivity contribution in [3.63, 3.8) is 0 Å². The minimum Gasteiger partial charge on any atom is -0.423 e. The van der Waals surface area contributed by atoms with Crippen LogP contribution in [0.4, 0.5) is 17.1 Å². The van der Waals surface area contributed by atoms with Crippen molar-refractivity contribution in [2.75, 3.05) is 4.90 Å². The molecule has 0 atom stereocenters. The smallest absolute Gasteiger partial charge is 0.423 e. The highest BCUT2D eigenvalue weighted by molar-refractivity contribution is 6.58. The van der Waals surface area contributed by atoms with E-state index in [1.54, 1.807) is 18.2 Å². The highest BCUT2D eigenvalue weighted by Crippen LogP contribution is 2.36. The number of hydrogen-bond donors (Lipinski definition) is 2. The quantitative estimate of drug-likeness (QED) is 0.155. The summed E-state index contributed by atoms with van der Waals surface area (Å²) in [7, 11) is -1.48. The molecular formula is C38H44BNO2. The summed E-state index contributed by atoms with van der Waals surface area (Å²) >= 11 is 0. The van der Waals surface area contributed by atoms with Crippen LogP contribution in [0, 0.1) is 0 Å². The largest absolute Gasteiger partial charge is 0.488 e. The van der Waals surface area contributed by atoms with Crippen LogP contribution in [0.1, 0.15) is 41.0 Å². The third kappa shape index (κ3) is 9.62. The molecule has 0 aromatic heterocycles. The summed E-state index contributed by atoms with van der Waals surface area (Å²) in [5.74, 6) is 0. The van der Waals surface area contributed by atoms with E-state index in [0.29, 0.717) is 5.46 Å². The molecule has 0 radical (unpaired) electrons.